The molecule has 2 nitrogen and oxygen atoms in total. The molecule has 2 heteroatoms. The van der Waals surface area contributed by atoms with Gasteiger partial charge in [-0.15, -0.1) is 0 Å². The van der Waals surface area contributed by atoms with Gasteiger partial charge in [0.15, 0.2) is 0 Å². The Balaban J connectivity index is 0.00000100. The van der Waals surface area contributed by atoms with E-state index in [1.165, 1.54) is 88.6 Å². The minimum absolute atomic E-state index is 1.04. The van der Waals surface area contributed by atoms with Crippen molar-refractivity contribution in [3.63, 3.8) is 0 Å². The zero-order chi connectivity index (χ0) is 30.2. The summed E-state index contributed by atoms with van der Waals surface area (Å²) in [4.78, 5) is 0. The molecule has 1 aliphatic rings. The topological polar surface area (TPSA) is 30.9 Å². The van der Waals surface area contributed by atoms with Gasteiger partial charge in [0.1, 0.15) is 0 Å². The van der Waals surface area contributed by atoms with E-state index in [9.17, 15) is 0 Å². The van der Waals surface area contributed by atoms with Gasteiger partial charge in [-0.05, 0) is 94.9 Å². The average Bonchev–Trinajstić information content (AvgIpc) is 3.42. The van der Waals surface area contributed by atoms with Gasteiger partial charge in [-0.25, -0.2) is 0 Å². The summed E-state index contributed by atoms with van der Waals surface area (Å²) in [6.07, 6.45) is 10.2. The standard InChI is InChI=1S/C40H31N.C2H5N/c1-3-26(2)27-12-10-13-28(23-27)29-19-21-33-31(24-29)20-22-37-36-17-8-9-18-38(36)41(40(33)37)39-25-30-11-4-5-14-32(30)34-15-6-7-16-35(34)39;1-2-3/h3-8,10-17,19-25H,9,18H2,1-2H3;2H,1,3H2/b26-3+;. The summed E-state index contributed by atoms with van der Waals surface area (Å²) in [5.41, 5.74) is 15.0. The van der Waals surface area contributed by atoms with Crippen molar-refractivity contribution in [2.75, 3.05) is 0 Å². The summed E-state index contributed by atoms with van der Waals surface area (Å²) < 4.78 is 2.58. The third kappa shape index (κ3) is 4.51. The van der Waals surface area contributed by atoms with Crippen LogP contribution in [0.4, 0.5) is 0 Å². The van der Waals surface area contributed by atoms with Crippen molar-refractivity contribution in [2.45, 2.75) is 26.7 Å². The Bertz CT molecular complexity index is 2280. The van der Waals surface area contributed by atoms with E-state index in [0.717, 1.165) is 12.8 Å². The highest BCUT2D eigenvalue weighted by Gasteiger charge is 2.22. The predicted octanol–water partition coefficient (Wildman–Crippen LogP) is 11.2. The second kappa shape index (κ2) is 11.4. The molecule has 0 spiro atoms. The van der Waals surface area contributed by atoms with E-state index in [-0.39, 0.29) is 0 Å². The second-order valence-electron chi connectivity index (χ2n) is 11.5. The summed E-state index contributed by atoms with van der Waals surface area (Å²) in [6, 6.07) is 40.6. The van der Waals surface area contributed by atoms with Crippen molar-refractivity contribution >= 4 is 54.9 Å². The van der Waals surface area contributed by atoms with Crippen molar-refractivity contribution in [1.82, 2.24) is 4.57 Å². The normalized spacial score (nSPS) is 12.8. The summed E-state index contributed by atoms with van der Waals surface area (Å²) in [7, 11) is 0. The third-order valence-corrected chi connectivity index (χ3v) is 8.99. The number of benzene rings is 6. The van der Waals surface area contributed by atoms with E-state index in [1.807, 2.05) is 0 Å². The van der Waals surface area contributed by atoms with E-state index in [2.05, 4.69) is 158 Å². The van der Waals surface area contributed by atoms with Crippen LogP contribution in [0.25, 0.3) is 71.7 Å². The van der Waals surface area contributed by atoms with Crippen LogP contribution >= 0.6 is 0 Å². The van der Waals surface area contributed by atoms with Crippen molar-refractivity contribution in [3.8, 4) is 16.8 Å². The Morgan fingerprint density at radius 2 is 1.43 bits per heavy atom. The van der Waals surface area contributed by atoms with E-state index in [0.29, 0.717) is 0 Å². The lowest BCUT2D eigenvalue weighted by molar-refractivity contribution is 0.893. The Hall–Kier alpha value is -5.34. The highest BCUT2D eigenvalue weighted by atomic mass is 15.0. The summed E-state index contributed by atoms with van der Waals surface area (Å²) in [5, 5.41) is 9.09. The van der Waals surface area contributed by atoms with Crippen molar-refractivity contribution in [2.24, 2.45) is 5.73 Å². The molecule has 0 amide bonds. The van der Waals surface area contributed by atoms with Gasteiger partial charge in [0.05, 0.1) is 11.2 Å². The lowest BCUT2D eigenvalue weighted by Gasteiger charge is -2.18. The third-order valence-electron chi connectivity index (χ3n) is 8.99. The lowest BCUT2D eigenvalue weighted by Crippen LogP contribution is -2.04. The Morgan fingerprint density at radius 3 is 2.25 bits per heavy atom. The minimum Gasteiger partial charge on any atom is -0.405 e. The van der Waals surface area contributed by atoms with Crippen LogP contribution in [0.15, 0.2) is 134 Å². The molecule has 0 saturated heterocycles. The van der Waals surface area contributed by atoms with E-state index < -0.39 is 0 Å². The first kappa shape index (κ1) is 27.5. The molecule has 8 rings (SSSR count). The van der Waals surface area contributed by atoms with Crippen LogP contribution in [0.2, 0.25) is 0 Å². The van der Waals surface area contributed by atoms with Crippen LogP contribution in [0, 0.1) is 0 Å². The maximum atomic E-state index is 4.61. The van der Waals surface area contributed by atoms with Crippen LogP contribution in [0.5, 0.6) is 0 Å². The Labute approximate surface area is 259 Å². The molecule has 0 fully saturated rings. The van der Waals surface area contributed by atoms with Gasteiger partial charge < -0.3 is 10.3 Å². The van der Waals surface area contributed by atoms with Crippen LogP contribution in [-0.2, 0) is 6.42 Å². The van der Waals surface area contributed by atoms with Gasteiger partial charge in [0.2, 0.25) is 0 Å². The first-order valence-corrected chi connectivity index (χ1v) is 15.4. The first-order chi connectivity index (χ1) is 21.6. The molecule has 0 saturated carbocycles. The number of fused-ring (bicyclic) bond motifs is 8. The highest BCUT2D eigenvalue weighted by Crippen LogP contribution is 2.41. The SMILES string of the molecule is C/C=C(\C)c1cccc(-c2ccc3c(ccc4c5c(n(-c6cc7ccccc7c7ccccc67)c43)CCC=C5)c2)c1.C=CN. The smallest absolute Gasteiger partial charge is 0.0616 e. The number of hydrogen-bond donors (Lipinski definition) is 1. The molecule has 44 heavy (non-hydrogen) atoms. The van der Waals surface area contributed by atoms with Gasteiger partial charge in [-0.2, -0.15) is 0 Å². The minimum atomic E-state index is 1.04. The van der Waals surface area contributed by atoms with E-state index in [1.54, 1.807) is 0 Å². The fraction of sp³-hybridized carbons (Fsp3) is 0.0952. The molecule has 7 aromatic rings. The second-order valence-corrected chi connectivity index (χ2v) is 11.5. The average molecular weight is 569 g/mol. The lowest BCUT2D eigenvalue weighted by atomic mass is 9.96. The maximum Gasteiger partial charge on any atom is 0.0616 e. The van der Waals surface area contributed by atoms with E-state index in [4.69, 9.17) is 0 Å². The fourth-order valence-electron chi connectivity index (χ4n) is 6.81. The monoisotopic (exact) mass is 568 g/mol. The number of nitrogens with zero attached hydrogens (tertiary/aromatic N) is 1. The number of aromatic nitrogens is 1. The van der Waals surface area contributed by atoms with Gasteiger partial charge in [-0.1, -0.05) is 116 Å². The molecule has 0 bridgehead atoms. The van der Waals surface area contributed by atoms with Gasteiger partial charge >= 0.3 is 0 Å². The number of nitrogens with two attached hydrogens (primary N) is 1. The van der Waals surface area contributed by atoms with Crippen LogP contribution in [0.3, 0.4) is 0 Å². The van der Waals surface area contributed by atoms with Gasteiger partial charge in [-0.3, -0.25) is 0 Å². The molecular formula is C42H36N2. The molecule has 1 heterocycles. The summed E-state index contributed by atoms with van der Waals surface area (Å²) in [5.74, 6) is 0. The Morgan fingerprint density at radius 1 is 0.727 bits per heavy atom. The largest absolute Gasteiger partial charge is 0.405 e. The number of allylic oxidation sites excluding steroid dienone is 3. The van der Waals surface area contributed by atoms with Crippen LogP contribution in [0.1, 0.15) is 37.1 Å². The molecule has 0 aliphatic heterocycles. The highest BCUT2D eigenvalue weighted by molar-refractivity contribution is 6.15. The molecule has 2 N–H and O–H groups in total. The zero-order valence-electron chi connectivity index (χ0n) is 25.3. The number of hydrogen-bond acceptors (Lipinski definition) is 1. The van der Waals surface area contributed by atoms with Crippen molar-refractivity contribution in [1.29, 1.82) is 0 Å². The molecular weight excluding hydrogens is 532 g/mol. The molecule has 214 valence electrons. The molecule has 0 atom stereocenters. The van der Waals surface area contributed by atoms with Crippen molar-refractivity contribution in [3.05, 3.63) is 151 Å². The number of rotatable bonds is 3. The molecule has 1 aliphatic carbocycles. The Kier molecular flexibility index (Phi) is 7.12. The summed E-state index contributed by atoms with van der Waals surface area (Å²) >= 11 is 0. The summed E-state index contributed by atoms with van der Waals surface area (Å²) in [6.45, 7) is 7.42. The van der Waals surface area contributed by atoms with Crippen LogP contribution < -0.4 is 5.73 Å². The van der Waals surface area contributed by atoms with Crippen molar-refractivity contribution < 1.29 is 0 Å². The fourth-order valence-corrected chi connectivity index (χ4v) is 6.81. The predicted molar refractivity (Wildman–Crippen MR) is 192 cm³/mol. The van der Waals surface area contributed by atoms with Gasteiger partial charge in [0.25, 0.3) is 0 Å². The zero-order valence-corrected chi connectivity index (χ0v) is 25.3. The quantitative estimate of drug-likeness (QED) is 0.211. The molecule has 1 aromatic heterocycles. The molecule has 6 aromatic carbocycles. The molecule has 0 unspecified atom stereocenters. The van der Waals surface area contributed by atoms with Crippen LogP contribution in [-0.4, -0.2) is 4.57 Å². The maximum absolute atomic E-state index is 4.61. The first-order valence-electron chi connectivity index (χ1n) is 15.4. The van der Waals surface area contributed by atoms with E-state index >= 15 is 0 Å². The van der Waals surface area contributed by atoms with Gasteiger partial charge in [0, 0.05) is 27.4 Å². The molecule has 0 radical (unpaired) electrons.